The summed E-state index contributed by atoms with van der Waals surface area (Å²) in [4.78, 5) is 13.6. The lowest BCUT2D eigenvalue weighted by Gasteiger charge is -2.27. The fourth-order valence-corrected chi connectivity index (χ4v) is 2.08. The van der Waals surface area contributed by atoms with Crippen LogP contribution in [0.5, 0.6) is 5.75 Å². The van der Waals surface area contributed by atoms with Crippen LogP contribution in [-0.2, 0) is 4.79 Å². The fraction of sp³-hybridized carbons (Fsp3) is 0.417. The summed E-state index contributed by atoms with van der Waals surface area (Å²) in [7, 11) is 0. The van der Waals surface area contributed by atoms with Crippen molar-refractivity contribution in [1.82, 2.24) is 10.2 Å². The number of carbonyl (C=O) groups is 1. The van der Waals surface area contributed by atoms with Gasteiger partial charge in [-0.2, -0.15) is 0 Å². The topological polar surface area (TPSA) is 41.6 Å². The summed E-state index contributed by atoms with van der Waals surface area (Å²) in [6, 6.07) is 4.32. The van der Waals surface area contributed by atoms with Crippen molar-refractivity contribution in [1.29, 1.82) is 0 Å². The fourth-order valence-electron chi connectivity index (χ4n) is 1.72. The van der Waals surface area contributed by atoms with Gasteiger partial charge in [0.05, 0.1) is 4.47 Å². The predicted octanol–water partition coefficient (Wildman–Crippen LogP) is 1.40. The predicted molar refractivity (Wildman–Crippen MR) is 69.0 cm³/mol. The van der Waals surface area contributed by atoms with E-state index in [0.717, 1.165) is 13.1 Å². The molecule has 1 heterocycles. The summed E-state index contributed by atoms with van der Waals surface area (Å²) in [6.07, 6.45) is 0. The highest BCUT2D eigenvalue weighted by atomic mass is 79.9. The van der Waals surface area contributed by atoms with Gasteiger partial charge in [-0.1, -0.05) is 0 Å². The van der Waals surface area contributed by atoms with E-state index in [-0.39, 0.29) is 18.3 Å². The van der Waals surface area contributed by atoms with Crippen LogP contribution in [0.2, 0.25) is 0 Å². The van der Waals surface area contributed by atoms with Crippen LogP contribution in [0.1, 0.15) is 0 Å². The van der Waals surface area contributed by atoms with Crippen LogP contribution in [0, 0.1) is 5.82 Å². The van der Waals surface area contributed by atoms with E-state index in [1.807, 2.05) is 0 Å². The highest BCUT2D eigenvalue weighted by Crippen LogP contribution is 2.21. The SMILES string of the molecule is O=C(COc1ccc(F)c(Br)c1)N1CCNCC1. The van der Waals surface area contributed by atoms with Crippen LogP contribution in [-0.4, -0.2) is 43.6 Å². The van der Waals surface area contributed by atoms with Crippen molar-refractivity contribution >= 4 is 21.8 Å². The van der Waals surface area contributed by atoms with Gasteiger partial charge in [-0.25, -0.2) is 4.39 Å². The highest BCUT2D eigenvalue weighted by Gasteiger charge is 2.16. The molecule has 0 spiro atoms. The molecule has 18 heavy (non-hydrogen) atoms. The largest absolute Gasteiger partial charge is 0.484 e. The van der Waals surface area contributed by atoms with Crippen LogP contribution in [0.3, 0.4) is 0 Å². The van der Waals surface area contributed by atoms with E-state index in [1.165, 1.54) is 18.2 Å². The molecule has 1 aromatic carbocycles. The molecule has 1 aliphatic rings. The minimum Gasteiger partial charge on any atom is -0.484 e. The van der Waals surface area contributed by atoms with E-state index in [2.05, 4.69) is 21.2 Å². The van der Waals surface area contributed by atoms with E-state index >= 15 is 0 Å². The smallest absolute Gasteiger partial charge is 0.260 e. The number of hydrogen-bond acceptors (Lipinski definition) is 3. The van der Waals surface area contributed by atoms with Crippen molar-refractivity contribution < 1.29 is 13.9 Å². The second-order valence-corrected chi connectivity index (χ2v) is 4.85. The van der Waals surface area contributed by atoms with Gasteiger partial charge in [0.25, 0.3) is 5.91 Å². The molecule has 0 saturated carbocycles. The molecule has 1 aliphatic heterocycles. The Morgan fingerprint density at radius 2 is 2.17 bits per heavy atom. The number of hydrogen-bond donors (Lipinski definition) is 1. The molecular formula is C12H14BrFN2O2. The average Bonchev–Trinajstić information content (AvgIpc) is 2.41. The Kier molecular flexibility index (Phi) is 4.54. The molecule has 2 rings (SSSR count). The maximum atomic E-state index is 13.0. The van der Waals surface area contributed by atoms with E-state index in [1.54, 1.807) is 4.90 Å². The molecule has 0 radical (unpaired) electrons. The van der Waals surface area contributed by atoms with Crippen molar-refractivity contribution in [2.24, 2.45) is 0 Å². The van der Waals surface area contributed by atoms with Gasteiger partial charge in [0.1, 0.15) is 11.6 Å². The molecule has 0 bridgehead atoms. The molecule has 0 aromatic heterocycles. The van der Waals surface area contributed by atoms with Crippen molar-refractivity contribution in [2.75, 3.05) is 32.8 Å². The number of rotatable bonds is 3. The van der Waals surface area contributed by atoms with Crippen molar-refractivity contribution in [3.8, 4) is 5.75 Å². The van der Waals surface area contributed by atoms with Crippen molar-refractivity contribution in [3.05, 3.63) is 28.5 Å². The van der Waals surface area contributed by atoms with E-state index in [4.69, 9.17) is 4.74 Å². The van der Waals surface area contributed by atoms with Gasteiger partial charge in [-0.15, -0.1) is 0 Å². The minimum absolute atomic E-state index is 0.0158. The van der Waals surface area contributed by atoms with Gasteiger partial charge in [-0.3, -0.25) is 4.79 Å². The van der Waals surface area contributed by atoms with Crippen LogP contribution in [0.25, 0.3) is 0 Å². The third-order valence-corrected chi connectivity index (χ3v) is 3.33. The van der Waals surface area contributed by atoms with Crippen LogP contribution >= 0.6 is 15.9 Å². The van der Waals surface area contributed by atoms with Gasteiger partial charge in [0, 0.05) is 26.2 Å². The zero-order chi connectivity index (χ0) is 13.0. The first-order valence-electron chi connectivity index (χ1n) is 5.73. The maximum Gasteiger partial charge on any atom is 0.260 e. The lowest BCUT2D eigenvalue weighted by Crippen LogP contribution is -2.47. The number of nitrogens with one attached hydrogen (secondary N) is 1. The zero-order valence-corrected chi connectivity index (χ0v) is 11.4. The number of halogens is 2. The molecule has 1 aromatic rings. The third-order valence-electron chi connectivity index (χ3n) is 2.72. The molecule has 0 unspecified atom stereocenters. The van der Waals surface area contributed by atoms with Gasteiger partial charge in [-0.05, 0) is 34.1 Å². The maximum absolute atomic E-state index is 13.0. The number of amides is 1. The normalized spacial score (nSPS) is 15.6. The quantitative estimate of drug-likeness (QED) is 0.916. The standard InChI is InChI=1S/C12H14BrFN2O2/c13-10-7-9(1-2-11(10)14)18-8-12(17)16-5-3-15-4-6-16/h1-2,7,15H,3-6,8H2. The first kappa shape index (κ1) is 13.3. The molecule has 98 valence electrons. The zero-order valence-electron chi connectivity index (χ0n) is 9.79. The lowest BCUT2D eigenvalue weighted by atomic mass is 10.3. The average molecular weight is 317 g/mol. The Morgan fingerprint density at radius 1 is 1.44 bits per heavy atom. The number of ether oxygens (including phenoxy) is 1. The highest BCUT2D eigenvalue weighted by molar-refractivity contribution is 9.10. The summed E-state index contributed by atoms with van der Waals surface area (Å²) in [5, 5.41) is 3.17. The molecule has 1 N–H and O–H groups in total. The number of benzene rings is 1. The van der Waals surface area contributed by atoms with E-state index in [0.29, 0.717) is 23.3 Å². The van der Waals surface area contributed by atoms with Crippen LogP contribution < -0.4 is 10.1 Å². The van der Waals surface area contributed by atoms with Crippen molar-refractivity contribution in [3.63, 3.8) is 0 Å². The Morgan fingerprint density at radius 3 is 2.83 bits per heavy atom. The number of carbonyl (C=O) groups excluding carboxylic acids is 1. The molecule has 0 aliphatic carbocycles. The summed E-state index contributed by atoms with van der Waals surface area (Å²) >= 11 is 3.07. The number of nitrogens with zero attached hydrogens (tertiary/aromatic N) is 1. The molecule has 1 saturated heterocycles. The molecule has 1 amide bonds. The van der Waals surface area contributed by atoms with Crippen molar-refractivity contribution in [2.45, 2.75) is 0 Å². The van der Waals surface area contributed by atoms with Crippen LogP contribution in [0.15, 0.2) is 22.7 Å². The Balaban J connectivity index is 1.86. The monoisotopic (exact) mass is 316 g/mol. The second kappa shape index (κ2) is 6.15. The van der Waals surface area contributed by atoms with E-state index in [9.17, 15) is 9.18 Å². The summed E-state index contributed by atoms with van der Waals surface area (Å²) < 4.78 is 18.7. The minimum atomic E-state index is -0.351. The summed E-state index contributed by atoms with van der Waals surface area (Å²) in [5.41, 5.74) is 0. The van der Waals surface area contributed by atoms with Gasteiger partial charge in [0.2, 0.25) is 0 Å². The Labute approximate surface area is 113 Å². The molecular weight excluding hydrogens is 303 g/mol. The Hall–Kier alpha value is -1.14. The molecule has 1 fully saturated rings. The first-order valence-corrected chi connectivity index (χ1v) is 6.52. The summed E-state index contributed by atoms with van der Waals surface area (Å²) in [6.45, 7) is 3.02. The molecule has 6 heteroatoms. The molecule has 4 nitrogen and oxygen atoms in total. The second-order valence-electron chi connectivity index (χ2n) is 4.00. The number of piperazine rings is 1. The summed E-state index contributed by atoms with van der Waals surface area (Å²) in [5.74, 6) is 0.0829. The Bertz CT molecular complexity index is 436. The third kappa shape index (κ3) is 3.43. The van der Waals surface area contributed by atoms with E-state index < -0.39 is 0 Å². The van der Waals surface area contributed by atoms with Crippen LogP contribution in [0.4, 0.5) is 4.39 Å². The van der Waals surface area contributed by atoms with Gasteiger partial charge in [0.15, 0.2) is 6.61 Å². The lowest BCUT2D eigenvalue weighted by molar-refractivity contribution is -0.133. The molecule has 0 atom stereocenters. The first-order chi connectivity index (χ1) is 8.66. The van der Waals surface area contributed by atoms with Gasteiger partial charge < -0.3 is 15.0 Å². The van der Waals surface area contributed by atoms with Gasteiger partial charge >= 0.3 is 0 Å².